The third-order valence-corrected chi connectivity index (χ3v) is 1.66. The molecule has 9 heteroatoms. The third-order valence-electron chi connectivity index (χ3n) is 1.66. The molecule has 0 N–H and O–H groups in total. The molecule has 0 saturated carbocycles. The molecule has 0 bridgehead atoms. The molecule has 3 nitrogen and oxygen atoms in total. The molecule has 0 rings (SSSR count). The number of hydrogen-bond acceptors (Lipinski definition) is 3. The van der Waals surface area contributed by atoms with Crippen molar-refractivity contribution in [3.8, 4) is 0 Å². The molecule has 0 aromatic rings. The minimum absolute atomic E-state index is 0.263. The summed E-state index contributed by atoms with van der Waals surface area (Å²) < 4.78 is 80.4. The molecule has 0 heterocycles. The summed E-state index contributed by atoms with van der Waals surface area (Å²) in [5, 5.41) is 0. The maximum Gasteiger partial charge on any atom is 0.437 e. The highest BCUT2D eigenvalue weighted by molar-refractivity contribution is 5.71. The summed E-state index contributed by atoms with van der Waals surface area (Å²) >= 11 is 0. The number of esters is 1. The number of carbonyl (C=O) groups excluding carboxylic acids is 1. The van der Waals surface area contributed by atoms with Crippen LogP contribution in [0.1, 0.15) is 6.92 Å². The topological polar surface area (TPSA) is 35.5 Å². The Balaban J connectivity index is 5.06. The van der Waals surface area contributed by atoms with Gasteiger partial charge in [-0.1, -0.05) is 0 Å². The second-order valence-corrected chi connectivity index (χ2v) is 2.94. The van der Waals surface area contributed by atoms with Crippen molar-refractivity contribution in [1.29, 1.82) is 0 Å². The predicted molar refractivity (Wildman–Crippen MR) is 38.5 cm³/mol. The molecule has 0 atom stereocenters. The van der Waals surface area contributed by atoms with Crippen molar-refractivity contribution in [2.75, 3.05) is 13.7 Å². The van der Waals surface area contributed by atoms with Crippen LogP contribution in [0.15, 0.2) is 0 Å². The fourth-order valence-corrected chi connectivity index (χ4v) is 0.651. The highest BCUT2D eigenvalue weighted by atomic mass is 19.4. The zero-order valence-corrected chi connectivity index (χ0v) is 8.20. The van der Waals surface area contributed by atoms with Gasteiger partial charge in [-0.05, 0) is 6.92 Å². The van der Waals surface area contributed by atoms with Crippen LogP contribution in [-0.2, 0) is 14.3 Å². The van der Waals surface area contributed by atoms with Crippen molar-refractivity contribution in [3.63, 3.8) is 0 Å². The lowest BCUT2D eigenvalue weighted by Crippen LogP contribution is -2.57. The Hall–Kier alpha value is -0.990. The van der Waals surface area contributed by atoms with E-state index in [2.05, 4.69) is 9.47 Å². The van der Waals surface area contributed by atoms with Gasteiger partial charge in [0.25, 0.3) is 5.60 Å². The monoisotopic (exact) mass is 254 g/mol. The number of ether oxygens (including phenoxy) is 2. The summed E-state index contributed by atoms with van der Waals surface area (Å²) in [5.41, 5.74) is -4.53. The third kappa shape index (κ3) is 3.00. The van der Waals surface area contributed by atoms with Gasteiger partial charge >= 0.3 is 18.3 Å². The zero-order valence-electron chi connectivity index (χ0n) is 8.20. The molecule has 0 fully saturated rings. The van der Waals surface area contributed by atoms with E-state index in [1.54, 1.807) is 0 Å². The first-order valence-corrected chi connectivity index (χ1v) is 3.80. The Labute approximate surface area is 86.3 Å². The van der Waals surface area contributed by atoms with E-state index < -0.39 is 30.5 Å². The van der Waals surface area contributed by atoms with Gasteiger partial charge in [0, 0.05) is 7.11 Å². The van der Waals surface area contributed by atoms with Gasteiger partial charge in [-0.2, -0.15) is 26.3 Å². The average molecular weight is 254 g/mol. The van der Waals surface area contributed by atoms with Gasteiger partial charge in [-0.25, -0.2) is 4.79 Å². The van der Waals surface area contributed by atoms with Crippen molar-refractivity contribution >= 4 is 5.97 Å². The van der Waals surface area contributed by atoms with Crippen LogP contribution in [0.4, 0.5) is 26.3 Å². The van der Waals surface area contributed by atoms with E-state index in [4.69, 9.17) is 0 Å². The molecule has 0 aliphatic carbocycles. The molecule has 0 unspecified atom stereocenters. The maximum atomic E-state index is 12.2. The van der Waals surface area contributed by atoms with Gasteiger partial charge in [0.1, 0.15) is 6.61 Å². The van der Waals surface area contributed by atoms with Crippen LogP contribution in [0, 0.1) is 0 Å². The van der Waals surface area contributed by atoms with Crippen LogP contribution in [0.5, 0.6) is 0 Å². The maximum absolute atomic E-state index is 12.2. The van der Waals surface area contributed by atoms with E-state index in [0.717, 1.165) is 7.11 Å². The molecule has 0 saturated heterocycles. The molecule has 0 aromatic carbocycles. The van der Waals surface area contributed by atoms with Crippen LogP contribution in [-0.4, -0.2) is 37.6 Å². The van der Waals surface area contributed by atoms with Gasteiger partial charge in [0.05, 0.1) is 0 Å². The SMILES string of the molecule is COCC(=O)OC(C)(C(F)(F)F)C(F)(F)F. The lowest BCUT2D eigenvalue weighted by atomic mass is 10.1. The number of alkyl halides is 6. The number of carbonyl (C=O) groups is 1. The fraction of sp³-hybridized carbons (Fsp3) is 0.857. The van der Waals surface area contributed by atoms with Crippen LogP contribution in [0.2, 0.25) is 0 Å². The standard InChI is InChI=1S/C7H8F6O3/c1-5(6(8,9)10,7(11,12)13)16-4(14)3-15-2/h3H2,1-2H3. The first-order valence-electron chi connectivity index (χ1n) is 3.80. The van der Waals surface area contributed by atoms with Crippen LogP contribution >= 0.6 is 0 Å². The van der Waals surface area contributed by atoms with E-state index in [-0.39, 0.29) is 6.92 Å². The first-order chi connectivity index (χ1) is 6.95. The van der Waals surface area contributed by atoms with Crippen molar-refractivity contribution in [3.05, 3.63) is 0 Å². The quantitative estimate of drug-likeness (QED) is 0.571. The number of rotatable bonds is 3. The predicted octanol–water partition coefficient (Wildman–Crippen LogP) is 2.06. The number of methoxy groups -OCH3 is 1. The molecule has 0 aromatic heterocycles. The molecule has 0 radical (unpaired) electrons. The Morgan fingerprint density at radius 3 is 1.69 bits per heavy atom. The average Bonchev–Trinajstić information content (AvgIpc) is 1.99. The van der Waals surface area contributed by atoms with Gasteiger partial charge in [-0.3, -0.25) is 0 Å². The molecule has 16 heavy (non-hydrogen) atoms. The summed E-state index contributed by atoms with van der Waals surface area (Å²) in [5.74, 6) is -1.75. The molecule has 0 aliphatic rings. The molecule has 96 valence electrons. The summed E-state index contributed by atoms with van der Waals surface area (Å²) in [4.78, 5) is 10.6. The highest BCUT2D eigenvalue weighted by Crippen LogP contribution is 2.45. The molecule has 0 spiro atoms. The second-order valence-electron chi connectivity index (χ2n) is 2.94. The molecule has 0 aliphatic heterocycles. The van der Waals surface area contributed by atoms with Gasteiger partial charge in [0.2, 0.25) is 0 Å². The van der Waals surface area contributed by atoms with E-state index in [1.165, 1.54) is 0 Å². The Morgan fingerprint density at radius 2 is 1.44 bits per heavy atom. The summed E-state index contributed by atoms with van der Waals surface area (Å²) in [6.07, 6.45) is -11.5. The normalized spacial score (nSPS) is 13.8. The van der Waals surface area contributed by atoms with Crippen molar-refractivity contribution in [1.82, 2.24) is 0 Å². The first kappa shape index (κ1) is 15.0. The summed E-state index contributed by atoms with van der Waals surface area (Å²) in [6, 6.07) is 0. The van der Waals surface area contributed by atoms with Gasteiger partial charge in [0.15, 0.2) is 0 Å². The highest BCUT2D eigenvalue weighted by Gasteiger charge is 2.71. The van der Waals surface area contributed by atoms with Crippen LogP contribution in [0.3, 0.4) is 0 Å². The Kier molecular flexibility index (Phi) is 4.20. The van der Waals surface area contributed by atoms with Crippen molar-refractivity contribution in [2.24, 2.45) is 0 Å². The van der Waals surface area contributed by atoms with E-state index >= 15 is 0 Å². The smallest absolute Gasteiger partial charge is 0.437 e. The zero-order chi connectivity index (χ0) is 13.2. The molecule has 0 amide bonds. The minimum Gasteiger partial charge on any atom is -0.438 e. The lowest BCUT2D eigenvalue weighted by Gasteiger charge is -2.33. The fourth-order valence-electron chi connectivity index (χ4n) is 0.651. The second kappa shape index (κ2) is 4.48. The number of hydrogen-bond donors (Lipinski definition) is 0. The molecular formula is C7H8F6O3. The van der Waals surface area contributed by atoms with Crippen molar-refractivity contribution in [2.45, 2.75) is 24.9 Å². The van der Waals surface area contributed by atoms with Gasteiger partial charge in [-0.15, -0.1) is 0 Å². The van der Waals surface area contributed by atoms with E-state index in [0.29, 0.717) is 0 Å². The van der Waals surface area contributed by atoms with E-state index in [1.807, 2.05) is 0 Å². The largest absolute Gasteiger partial charge is 0.438 e. The summed E-state index contributed by atoms with van der Waals surface area (Å²) in [7, 11) is 0.930. The minimum atomic E-state index is -5.76. The van der Waals surface area contributed by atoms with Gasteiger partial charge < -0.3 is 9.47 Å². The van der Waals surface area contributed by atoms with Crippen LogP contribution < -0.4 is 0 Å². The van der Waals surface area contributed by atoms with E-state index in [9.17, 15) is 31.1 Å². The lowest BCUT2D eigenvalue weighted by molar-refractivity contribution is -0.363. The Bertz CT molecular complexity index is 242. The van der Waals surface area contributed by atoms with Crippen LogP contribution in [0.25, 0.3) is 0 Å². The number of halogens is 6. The molecular weight excluding hydrogens is 246 g/mol. The summed E-state index contributed by atoms with van der Waals surface area (Å²) in [6.45, 7) is -1.26. The Morgan fingerprint density at radius 1 is 1.06 bits per heavy atom. The van der Waals surface area contributed by atoms with Crippen molar-refractivity contribution < 1.29 is 40.6 Å².